The molecule has 1 saturated heterocycles. The van der Waals surface area contributed by atoms with Gasteiger partial charge >= 0.3 is 5.97 Å². The first-order chi connectivity index (χ1) is 20.4. The SMILES string of the molecule is CC1OC(OC2CCC3(C)C(CCC4(C)C3CC=C3C5CC(C)(C)CCC5(C(=O)O)CCC34C)C2(C)CO)C(O)C(O)C1O. The summed E-state index contributed by atoms with van der Waals surface area (Å²) in [6.07, 6.45) is 5.22. The highest BCUT2D eigenvalue weighted by atomic mass is 16.7. The van der Waals surface area contributed by atoms with Gasteiger partial charge in [0, 0.05) is 5.41 Å². The maximum absolute atomic E-state index is 12.9. The average Bonchev–Trinajstić information content (AvgIpc) is 2.96. The number of allylic oxidation sites excluding steroid dienone is 2. The van der Waals surface area contributed by atoms with E-state index in [4.69, 9.17) is 9.47 Å². The van der Waals surface area contributed by atoms with Gasteiger partial charge in [-0.3, -0.25) is 4.79 Å². The van der Waals surface area contributed by atoms with Gasteiger partial charge in [-0.1, -0.05) is 53.2 Å². The molecule has 6 aliphatic rings. The number of rotatable bonds is 4. The highest BCUT2D eigenvalue weighted by Crippen LogP contribution is 2.76. The molecule has 44 heavy (non-hydrogen) atoms. The zero-order chi connectivity index (χ0) is 32.3. The predicted molar refractivity (Wildman–Crippen MR) is 165 cm³/mol. The molecule has 250 valence electrons. The van der Waals surface area contributed by atoms with Crippen molar-refractivity contribution in [3.05, 3.63) is 11.6 Å². The number of carboxylic acids is 1. The number of aliphatic carboxylic acids is 1. The summed E-state index contributed by atoms with van der Waals surface area (Å²) in [7, 11) is 0. The van der Waals surface area contributed by atoms with Crippen LogP contribution < -0.4 is 0 Å². The van der Waals surface area contributed by atoms with Crippen molar-refractivity contribution >= 4 is 5.97 Å². The Hall–Kier alpha value is -1.03. The molecule has 5 fully saturated rings. The van der Waals surface area contributed by atoms with E-state index in [0.717, 1.165) is 57.8 Å². The van der Waals surface area contributed by atoms with E-state index in [0.29, 0.717) is 12.3 Å². The van der Waals surface area contributed by atoms with Crippen LogP contribution in [-0.4, -0.2) is 74.9 Å². The standard InChI is InChI=1S/C36H58O8/c1-20-26(38)27(39)28(40)29(43-20)44-25-11-12-32(4)23(33(25,5)19-37)10-13-35(7)24(32)9-8-21-22-18-31(2,3)14-16-36(22,30(41)42)17-15-34(21,35)6/h8,20,22-29,37-40H,9-19H2,1-7H3,(H,41,42). The fraction of sp³-hybridized carbons (Fsp3) is 0.917. The summed E-state index contributed by atoms with van der Waals surface area (Å²) >= 11 is 0. The Balaban J connectivity index is 1.32. The Morgan fingerprint density at radius 3 is 2.25 bits per heavy atom. The molecule has 0 bridgehead atoms. The molecule has 0 radical (unpaired) electrons. The molecule has 1 heterocycles. The molecule has 0 aromatic rings. The van der Waals surface area contributed by atoms with Crippen molar-refractivity contribution in [3.8, 4) is 0 Å². The first kappa shape index (κ1) is 32.9. The summed E-state index contributed by atoms with van der Waals surface area (Å²) in [4.78, 5) is 12.9. The van der Waals surface area contributed by atoms with Crippen LogP contribution in [0.3, 0.4) is 0 Å². The quantitative estimate of drug-likeness (QED) is 0.218. The number of ether oxygens (including phenoxy) is 2. The van der Waals surface area contributed by atoms with E-state index in [1.165, 1.54) is 5.57 Å². The molecule has 8 heteroatoms. The second kappa shape index (κ2) is 10.5. The summed E-state index contributed by atoms with van der Waals surface area (Å²) < 4.78 is 12.3. The summed E-state index contributed by atoms with van der Waals surface area (Å²) in [6, 6.07) is 0. The Kier molecular flexibility index (Phi) is 7.84. The normalized spacial score (nSPS) is 55.1. The van der Waals surface area contributed by atoms with Crippen LogP contribution in [0, 0.1) is 50.2 Å². The van der Waals surface area contributed by atoms with Crippen LogP contribution in [0.1, 0.15) is 113 Å². The van der Waals surface area contributed by atoms with Crippen molar-refractivity contribution < 1.29 is 39.8 Å². The second-order valence-electron chi connectivity index (χ2n) is 17.7. The van der Waals surface area contributed by atoms with Gasteiger partial charge in [0.1, 0.15) is 18.3 Å². The van der Waals surface area contributed by atoms with Gasteiger partial charge in [0.15, 0.2) is 6.29 Å². The Morgan fingerprint density at radius 1 is 0.909 bits per heavy atom. The minimum atomic E-state index is -1.37. The number of hydrogen-bond donors (Lipinski definition) is 5. The third kappa shape index (κ3) is 4.33. The predicted octanol–water partition coefficient (Wildman–Crippen LogP) is 5.06. The van der Waals surface area contributed by atoms with Gasteiger partial charge in [-0.2, -0.15) is 0 Å². The minimum absolute atomic E-state index is 0.0109. The molecular weight excluding hydrogens is 560 g/mol. The van der Waals surface area contributed by atoms with Crippen LogP contribution in [0.4, 0.5) is 0 Å². The van der Waals surface area contributed by atoms with Gasteiger partial charge < -0.3 is 35.0 Å². The summed E-state index contributed by atoms with van der Waals surface area (Å²) in [5.41, 5.74) is 0.201. The largest absolute Gasteiger partial charge is 0.481 e. The lowest BCUT2D eigenvalue weighted by Crippen LogP contribution is -2.67. The lowest BCUT2D eigenvalue weighted by Gasteiger charge is -2.71. The van der Waals surface area contributed by atoms with Crippen LogP contribution >= 0.6 is 0 Å². The van der Waals surface area contributed by atoms with Crippen molar-refractivity contribution in [2.45, 2.75) is 149 Å². The van der Waals surface area contributed by atoms with E-state index in [-0.39, 0.29) is 46.2 Å². The van der Waals surface area contributed by atoms with Gasteiger partial charge in [0.25, 0.3) is 0 Å². The third-order valence-electron chi connectivity index (χ3n) is 15.3. The molecule has 5 N–H and O–H groups in total. The van der Waals surface area contributed by atoms with Crippen LogP contribution in [0.5, 0.6) is 0 Å². The van der Waals surface area contributed by atoms with Crippen molar-refractivity contribution in [1.29, 1.82) is 0 Å². The number of aliphatic hydroxyl groups excluding tert-OH is 4. The first-order valence-corrected chi connectivity index (χ1v) is 17.3. The van der Waals surface area contributed by atoms with Gasteiger partial charge in [-0.15, -0.1) is 0 Å². The van der Waals surface area contributed by atoms with Crippen LogP contribution in [0.25, 0.3) is 0 Å². The summed E-state index contributed by atoms with van der Waals surface area (Å²) in [5.74, 6) is 0.0383. The first-order valence-electron chi connectivity index (χ1n) is 17.3. The molecule has 6 rings (SSSR count). The van der Waals surface area contributed by atoms with Crippen molar-refractivity contribution in [2.24, 2.45) is 50.2 Å². The van der Waals surface area contributed by atoms with E-state index >= 15 is 0 Å². The fourth-order valence-corrected chi connectivity index (χ4v) is 12.1. The number of carbonyl (C=O) groups is 1. The monoisotopic (exact) mass is 618 g/mol. The Labute approximate surface area is 263 Å². The fourth-order valence-electron chi connectivity index (χ4n) is 12.1. The highest BCUT2D eigenvalue weighted by Gasteiger charge is 2.70. The van der Waals surface area contributed by atoms with Crippen LogP contribution in [-0.2, 0) is 14.3 Å². The molecule has 14 atom stereocenters. The number of hydrogen-bond acceptors (Lipinski definition) is 7. The molecule has 4 saturated carbocycles. The van der Waals surface area contributed by atoms with Crippen molar-refractivity contribution in [1.82, 2.24) is 0 Å². The topological polar surface area (TPSA) is 137 Å². The van der Waals surface area contributed by atoms with E-state index < -0.39 is 47.5 Å². The lowest BCUT2D eigenvalue weighted by molar-refractivity contribution is -0.328. The van der Waals surface area contributed by atoms with Gasteiger partial charge in [0.05, 0.1) is 24.2 Å². The lowest BCUT2D eigenvalue weighted by atomic mass is 9.33. The van der Waals surface area contributed by atoms with Crippen molar-refractivity contribution in [3.63, 3.8) is 0 Å². The molecule has 5 aliphatic carbocycles. The van der Waals surface area contributed by atoms with E-state index in [1.54, 1.807) is 6.92 Å². The van der Waals surface area contributed by atoms with Crippen LogP contribution in [0.2, 0.25) is 0 Å². The molecule has 14 unspecified atom stereocenters. The minimum Gasteiger partial charge on any atom is -0.481 e. The second-order valence-corrected chi connectivity index (χ2v) is 17.7. The van der Waals surface area contributed by atoms with Crippen molar-refractivity contribution in [2.75, 3.05) is 6.61 Å². The molecule has 0 aromatic carbocycles. The zero-order valence-corrected chi connectivity index (χ0v) is 28.0. The molecule has 8 nitrogen and oxygen atoms in total. The maximum atomic E-state index is 12.9. The highest BCUT2D eigenvalue weighted by molar-refractivity contribution is 5.76. The third-order valence-corrected chi connectivity index (χ3v) is 15.3. The molecular formula is C36H58O8. The van der Waals surface area contributed by atoms with Crippen LogP contribution in [0.15, 0.2) is 11.6 Å². The van der Waals surface area contributed by atoms with E-state index in [2.05, 4.69) is 47.6 Å². The van der Waals surface area contributed by atoms with Gasteiger partial charge in [0.2, 0.25) is 0 Å². The smallest absolute Gasteiger partial charge is 0.310 e. The molecule has 0 spiro atoms. The molecule has 0 aromatic heterocycles. The Bertz CT molecular complexity index is 1180. The number of fused-ring (bicyclic) bond motifs is 7. The summed E-state index contributed by atoms with van der Waals surface area (Å²) in [5, 5.41) is 53.0. The van der Waals surface area contributed by atoms with E-state index in [1.807, 2.05) is 0 Å². The number of aliphatic hydroxyl groups is 4. The number of carboxylic acid groups (broad SMARTS) is 1. The van der Waals surface area contributed by atoms with Gasteiger partial charge in [-0.25, -0.2) is 0 Å². The maximum Gasteiger partial charge on any atom is 0.310 e. The Morgan fingerprint density at radius 2 is 1.59 bits per heavy atom. The average molecular weight is 619 g/mol. The van der Waals surface area contributed by atoms with Gasteiger partial charge in [-0.05, 0) is 111 Å². The molecule has 1 aliphatic heterocycles. The molecule has 0 amide bonds. The zero-order valence-electron chi connectivity index (χ0n) is 28.0. The van der Waals surface area contributed by atoms with E-state index in [9.17, 15) is 30.3 Å². The summed E-state index contributed by atoms with van der Waals surface area (Å²) in [6.45, 7) is 15.7.